The lowest BCUT2D eigenvalue weighted by Crippen LogP contribution is -3.10. The summed E-state index contributed by atoms with van der Waals surface area (Å²) in [4.78, 5) is 13.3. The number of esters is 1. The maximum atomic E-state index is 12.2. The largest absolute Gasteiger partial charge is 1.00 e. The van der Waals surface area contributed by atoms with Crippen LogP contribution in [0.1, 0.15) is 36.5 Å². The third-order valence-corrected chi connectivity index (χ3v) is 5.46. The van der Waals surface area contributed by atoms with Crippen LogP contribution in [0.25, 0.3) is 0 Å². The van der Waals surface area contributed by atoms with Crippen molar-refractivity contribution in [3.63, 3.8) is 0 Å². The Morgan fingerprint density at radius 1 is 1.21 bits per heavy atom. The molecular weight excluding hydrogens is 352 g/mol. The predicted molar refractivity (Wildman–Crippen MR) is 87.0 cm³/mol. The van der Waals surface area contributed by atoms with E-state index in [1.807, 2.05) is 0 Å². The Labute approximate surface area is 150 Å². The molecule has 0 saturated carbocycles. The summed E-state index contributed by atoms with van der Waals surface area (Å²) in [5, 5.41) is 0. The Kier molecular flexibility index (Phi) is 8.69. The molecule has 1 aromatic rings. The number of likely N-dealkylation sites (tertiary alicyclic amines) is 1. The van der Waals surface area contributed by atoms with Gasteiger partial charge in [0.15, 0.2) is 0 Å². The van der Waals surface area contributed by atoms with Gasteiger partial charge in [-0.05, 0) is 31.2 Å². The third-order valence-electron chi connectivity index (χ3n) is 3.99. The van der Waals surface area contributed by atoms with Crippen LogP contribution in [0.3, 0.4) is 0 Å². The lowest BCUT2D eigenvalue weighted by atomic mass is 10.2. The number of ether oxygens (including phenoxy) is 1. The molecule has 0 amide bonds. The number of sulfonamides is 1. The van der Waals surface area contributed by atoms with Crippen molar-refractivity contribution in [2.75, 3.05) is 32.8 Å². The molecule has 6 nitrogen and oxygen atoms in total. The summed E-state index contributed by atoms with van der Waals surface area (Å²) in [6.45, 7) is 5.85. The molecule has 0 radical (unpaired) electrons. The molecule has 2 N–H and O–H groups in total. The van der Waals surface area contributed by atoms with Gasteiger partial charge in [-0.3, -0.25) is 0 Å². The quantitative estimate of drug-likeness (QED) is 0.380. The second-order valence-corrected chi connectivity index (χ2v) is 7.47. The van der Waals surface area contributed by atoms with Crippen molar-refractivity contribution in [2.24, 2.45) is 0 Å². The van der Waals surface area contributed by atoms with E-state index < -0.39 is 16.0 Å². The number of carbonyl (C=O) groups is 1. The van der Waals surface area contributed by atoms with E-state index >= 15 is 0 Å². The zero-order chi connectivity index (χ0) is 16.7. The number of hydrogen-bond acceptors (Lipinski definition) is 4. The monoisotopic (exact) mass is 376 g/mol. The minimum absolute atomic E-state index is 0. The summed E-state index contributed by atoms with van der Waals surface area (Å²) in [7, 11) is -3.52. The zero-order valence-electron chi connectivity index (χ0n) is 13.9. The number of rotatable bonds is 8. The van der Waals surface area contributed by atoms with E-state index in [2.05, 4.69) is 4.72 Å². The van der Waals surface area contributed by atoms with Crippen molar-refractivity contribution in [2.45, 2.75) is 31.1 Å². The molecule has 2 rings (SSSR count). The van der Waals surface area contributed by atoms with E-state index in [1.165, 1.54) is 50.2 Å². The molecule has 1 aliphatic heterocycles. The highest BCUT2D eigenvalue weighted by Gasteiger charge is 2.17. The van der Waals surface area contributed by atoms with Crippen LogP contribution in [0.2, 0.25) is 0 Å². The van der Waals surface area contributed by atoms with Crippen LogP contribution in [0.5, 0.6) is 0 Å². The number of benzene rings is 1. The maximum Gasteiger partial charge on any atom is 0.338 e. The van der Waals surface area contributed by atoms with Crippen LogP contribution in [0.15, 0.2) is 29.2 Å². The zero-order valence-corrected chi connectivity index (χ0v) is 15.5. The fourth-order valence-electron chi connectivity index (χ4n) is 2.74. The molecule has 136 valence electrons. The van der Waals surface area contributed by atoms with Crippen molar-refractivity contribution < 1.29 is 35.3 Å². The van der Waals surface area contributed by atoms with E-state index in [9.17, 15) is 13.2 Å². The molecule has 24 heavy (non-hydrogen) atoms. The van der Waals surface area contributed by atoms with Gasteiger partial charge < -0.3 is 22.0 Å². The van der Waals surface area contributed by atoms with Crippen LogP contribution in [-0.2, 0) is 14.8 Å². The Bertz CT molecular complexity index is 613. The van der Waals surface area contributed by atoms with Crippen molar-refractivity contribution in [1.82, 2.24) is 4.72 Å². The van der Waals surface area contributed by atoms with E-state index in [-0.39, 0.29) is 17.3 Å². The molecule has 0 unspecified atom stereocenters. The van der Waals surface area contributed by atoms with Crippen molar-refractivity contribution in [3.05, 3.63) is 29.8 Å². The molecule has 1 aliphatic rings. The van der Waals surface area contributed by atoms with E-state index in [4.69, 9.17) is 4.74 Å². The van der Waals surface area contributed by atoms with Crippen LogP contribution in [0, 0.1) is 0 Å². The van der Waals surface area contributed by atoms with Crippen molar-refractivity contribution in [1.29, 1.82) is 0 Å². The molecule has 8 heteroatoms. The fourth-order valence-corrected chi connectivity index (χ4v) is 3.81. The highest BCUT2D eigenvalue weighted by Crippen LogP contribution is 2.11. The van der Waals surface area contributed by atoms with Gasteiger partial charge in [0, 0.05) is 25.8 Å². The van der Waals surface area contributed by atoms with Gasteiger partial charge in [0.25, 0.3) is 0 Å². The normalized spacial score (nSPS) is 15.0. The predicted octanol–water partition coefficient (Wildman–Crippen LogP) is -2.79. The van der Waals surface area contributed by atoms with Crippen molar-refractivity contribution in [3.8, 4) is 0 Å². The lowest BCUT2D eigenvalue weighted by Gasteiger charge is -2.12. The molecule has 1 aromatic carbocycles. The molecule has 1 heterocycles. The van der Waals surface area contributed by atoms with Crippen LogP contribution >= 0.6 is 0 Å². The first kappa shape index (κ1) is 20.9. The highest BCUT2D eigenvalue weighted by atomic mass is 35.5. The van der Waals surface area contributed by atoms with E-state index in [0.717, 1.165) is 13.0 Å². The summed E-state index contributed by atoms with van der Waals surface area (Å²) in [6, 6.07) is 5.81. The van der Waals surface area contributed by atoms with E-state index in [1.54, 1.807) is 11.8 Å². The smallest absolute Gasteiger partial charge is 0.338 e. The lowest BCUT2D eigenvalue weighted by molar-refractivity contribution is -0.887. The van der Waals surface area contributed by atoms with Gasteiger partial charge in [-0.2, -0.15) is 0 Å². The van der Waals surface area contributed by atoms with Gasteiger partial charge in [0.2, 0.25) is 10.0 Å². The summed E-state index contributed by atoms with van der Waals surface area (Å²) in [5.74, 6) is -0.446. The van der Waals surface area contributed by atoms with Crippen LogP contribution in [0.4, 0.5) is 0 Å². The molecule has 0 spiro atoms. The standard InChI is InChI=1S/C16H24N2O4S.ClH/c1-2-22-16(19)14-6-8-15(9-7-14)23(20,21)17-10-5-13-18-11-3-4-12-18;/h6-9,17H,2-5,10-13H2,1H3;1H. The first-order valence-corrected chi connectivity index (χ1v) is 9.61. The minimum atomic E-state index is -3.52. The molecule has 0 aliphatic carbocycles. The number of halogens is 1. The molecular formula is C16H25ClN2O4S. The Hall–Kier alpha value is -1.15. The summed E-state index contributed by atoms with van der Waals surface area (Å²) < 4.78 is 31.9. The summed E-state index contributed by atoms with van der Waals surface area (Å²) >= 11 is 0. The maximum absolute atomic E-state index is 12.2. The Morgan fingerprint density at radius 2 is 1.83 bits per heavy atom. The molecule has 0 aromatic heterocycles. The molecule has 1 fully saturated rings. The second-order valence-electron chi connectivity index (χ2n) is 5.70. The van der Waals surface area contributed by atoms with Gasteiger partial charge >= 0.3 is 5.97 Å². The van der Waals surface area contributed by atoms with Gasteiger partial charge in [-0.15, -0.1) is 0 Å². The van der Waals surface area contributed by atoms with Crippen LogP contribution < -0.4 is 22.0 Å². The summed E-state index contributed by atoms with van der Waals surface area (Å²) in [5.41, 5.74) is 0.350. The topological polar surface area (TPSA) is 76.9 Å². The summed E-state index contributed by atoms with van der Waals surface area (Å²) in [6.07, 6.45) is 3.37. The Morgan fingerprint density at radius 3 is 2.42 bits per heavy atom. The van der Waals surface area contributed by atoms with Crippen LogP contribution in [-0.4, -0.2) is 47.2 Å². The first-order chi connectivity index (χ1) is 11.0. The third kappa shape index (κ3) is 6.05. The van der Waals surface area contributed by atoms with Gasteiger partial charge in [0.1, 0.15) is 0 Å². The Balaban J connectivity index is 0.00000288. The molecule has 1 saturated heterocycles. The average molecular weight is 377 g/mol. The van der Waals surface area contributed by atoms with Gasteiger partial charge in [-0.25, -0.2) is 17.9 Å². The van der Waals surface area contributed by atoms with Gasteiger partial charge in [-0.1, -0.05) is 0 Å². The van der Waals surface area contributed by atoms with E-state index in [0.29, 0.717) is 18.7 Å². The number of hydrogen-bond donors (Lipinski definition) is 2. The average Bonchev–Trinajstić information content (AvgIpc) is 3.05. The van der Waals surface area contributed by atoms with Gasteiger partial charge in [0.05, 0.1) is 36.7 Å². The highest BCUT2D eigenvalue weighted by molar-refractivity contribution is 7.89. The second kappa shape index (κ2) is 9.98. The van der Waals surface area contributed by atoms with Crippen molar-refractivity contribution >= 4 is 16.0 Å². The number of carbonyl (C=O) groups excluding carboxylic acids is 1. The first-order valence-electron chi connectivity index (χ1n) is 8.13. The number of nitrogens with one attached hydrogen (secondary N) is 2. The molecule has 0 bridgehead atoms. The number of quaternary nitrogens is 1. The molecule has 0 atom stereocenters. The minimum Gasteiger partial charge on any atom is -1.00 e. The fraction of sp³-hybridized carbons (Fsp3) is 0.562. The SMILES string of the molecule is CCOC(=O)c1ccc(S(=O)(=O)NCCC[NH+]2CCCC2)cc1.[Cl-].